The molecule has 0 aliphatic carbocycles. The van der Waals surface area contributed by atoms with Gasteiger partial charge in [-0.1, -0.05) is 45.2 Å². The van der Waals surface area contributed by atoms with Gasteiger partial charge in [-0.25, -0.2) is 9.68 Å². The van der Waals surface area contributed by atoms with Crippen molar-refractivity contribution in [3.63, 3.8) is 0 Å². The molecule has 6 rings (SSSR count). The Labute approximate surface area is 277 Å². The van der Waals surface area contributed by atoms with Crippen molar-refractivity contribution >= 4 is 67.3 Å². The summed E-state index contributed by atoms with van der Waals surface area (Å²) in [5.74, 6) is -0.999. The molecule has 11 nitrogen and oxygen atoms in total. The van der Waals surface area contributed by atoms with E-state index in [0.29, 0.717) is 50.8 Å². The van der Waals surface area contributed by atoms with Crippen LogP contribution in [0.5, 0.6) is 5.75 Å². The topological polar surface area (TPSA) is 174 Å². The highest BCUT2D eigenvalue weighted by Crippen LogP contribution is 2.41. The number of nitrogens with two attached hydrogens (primary N) is 1. The third-order valence-corrected chi connectivity index (χ3v) is 7.45. The number of fused-ring (bicyclic) bond motifs is 2. The molecular formula is C37H36N6O5. The van der Waals surface area contributed by atoms with E-state index in [1.54, 1.807) is 42.5 Å². The minimum atomic E-state index is -0.992. The van der Waals surface area contributed by atoms with Crippen LogP contribution >= 0.6 is 0 Å². The van der Waals surface area contributed by atoms with Crippen molar-refractivity contribution in [2.45, 2.75) is 28.4 Å². The second kappa shape index (κ2) is 14.9. The van der Waals surface area contributed by atoms with Crippen LogP contribution in [0.15, 0.2) is 124 Å². The third kappa shape index (κ3) is 7.28. The van der Waals surface area contributed by atoms with Crippen LogP contribution in [0, 0.1) is 6.92 Å². The van der Waals surface area contributed by atoms with Gasteiger partial charge in [0, 0.05) is 38.8 Å². The Balaban J connectivity index is 0.00000260. The third-order valence-electron chi connectivity index (χ3n) is 7.45. The predicted molar refractivity (Wildman–Crippen MR) is 191 cm³/mol. The van der Waals surface area contributed by atoms with Crippen LogP contribution in [0.2, 0.25) is 0 Å². The fourth-order valence-electron chi connectivity index (χ4n) is 5.08. The molecule has 0 aliphatic rings. The van der Waals surface area contributed by atoms with Gasteiger partial charge in [-0.15, -0.1) is 15.3 Å². The zero-order valence-electron chi connectivity index (χ0n) is 24.5. The zero-order chi connectivity index (χ0) is 32.2. The Morgan fingerprint density at radius 3 is 2.06 bits per heavy atom. The lowest BCUT2D eigenvalue weighted by molar-refractivity contribution is -0.252. The Kier molecular flexibility index (Phi) is 10.8. The van der Waals surface area contributed by atoms with Crippen LogP contribution < -0.4 is 11.1 Å². The minimum Gasteiger partial charge on any atom is -0.505 e. The molecule has 6 aromatic rings. The van der Waals surface area contributed by atoms with Crippen molar-refractivity contribution < 1.29 is 25.2 Å². The molecule has 0 radical (unpaired) electrons. The van der Waals surface area contributed by atoms with Crippen molar-refractivity contribution in [1.29, 1.82) is 0 Å². The number of aryl methyl sites for hydroxylation is 1. The summed E-state index contributed by atoms with van der Waals surface area (Å²) in [6.45, 7) is 1.80. The summed E-state index contributed by atoms with van der Waals surface area (Å²) in [5.41, 5.74) is 11.4. The highest BCUT2D eigenvalue weighted by Gasteiger charge is 2.13. The summed E-state index contributed by atoms with van der Waals surface area (Å²) in [6, 6.07) is 30.2. The number of aromatic carboxylic acids is 1. The Hall–Kier alpha value is -6.17. The highest BCUT2D eigenvalue weighted by atomic mass is 17.1. The average Bonchev–Trinajstić information content (AvgIpc) is 3.06. The number of hydrogen-bond donors (Lipinski definition) is 5. The van der Waals surface area contributed by atoms with Gasteiger partial charge in [0.05, 0.1) is 22.6 Å². The summed E-state index contributed by atoms with van der Waals surface area (Å²) in [6.07, 6.45) is 0. The molecule has 0 spiro atoms. The highest BCUT2D eigenvalue weighted by molar-refractivity contribution is 6.00. The monoisotopic (exact) mass is 644 g/mol. The number of carboxylic acid groups (broad SMARTS) is 1. The van der Waals surface area contributed by atoms with Crippen molar-refractivity contribution in [1.82, 2.24) is 0 Å². The van der Waals surface area contributed by atoms with Gasteiger partial charge in [0.15, 0.2) is 5.75 Å². The summed E-state index contributed by atoms with van der Waals surface area (Å²) in [4.78, 5) is 15.4. The number of nitrogens with zero attached hydrogens (tertiary/aromatic N) is 4. The normalized spacial score (nSPS) is 11.1. The van der Waals surface area contributed by atoms with Crippen molar-refractivity contribution in [3.8, 4) is 5.75 Å². The number of aromatic hydroxyl groups is 1. The number of azo groups is 2. The molecule has 0 aromatic heterocycles. The first kappa shape index (κ1) is 34.7. The number of nitrogens with one attached hydrogen (secondary N) is 1. The summed E-state index contributed by atoms with van der Waals surface area (Å²) in [5, 5.41) is 53.3. The number of phenolic OH excluding ortho intramolecular Hbond substituents is 1. The van der Waals surface area contributed by atoms with E-state index in [4.69, 9.17) is 16.1 Å². The second-order valence-electron chi connectivity index (χ2n) is 10.5. The largest absolute Gasteiger partial charge is 0.505 e. The number of carboxylic acids is 1. The van der Waals surface area contributed by atoms with Crippen LogP contribution in [-0.4, -0.2) is 21.4 Å². The van der Waals surface area contributed by atoms with E-state index in [-0.39, 0.29) is 32.8 Å². The molecule has 0 unspecified atom stereocenters. The maximum atomic E-state index is 11.3. The van der Waals surface area contributed by atoms with Crippen LogP contribution in [0.1, 0.15) is 36.3 Å². The van der Waals surface area contributed by atoms with Crippen LogP contribution in [0.25, 0.3) is 21.5 Å². The first-order valence-corrected chi connectivity index (χ1v) is 14.2. The second-order valence-corrected chi connectivity index (χ2v) is 10.5. The van der Waals surface area contributed by atoms with E-state index < -0.39 is 5.97 Å². The molecule has 244 valence electrons. The van der Waals surface area contributed by atoms with Gasteiger partial charge in [-0.05, 0) is 90.7 Å². The summed E-state index contributed by atoms with van der Waals surface area (Å²) in [7, 11) is 0. The van der Waals surface area contributed by atoms with Crippen molar-refractivity contribution in [3.05, 3.63) is 120 Å². The fraction of sp³-hybridized carbons (Fsp3) is 0.108. The number of carbonyl (C=O) groups is 1. The molecule has 48 heavy (non-hydrogen) atoms. The maximum Gasteiger partial charge on any atom is 0.335 e. The number of nitrogen functional groups attached to an aromatic ring is 1. The lowest BCUT2D eigenvalue weighted by Crippen LogP contribution is -1.96. The summed E-state index contributed by atoms with van der Waals surface area (Å²) >= 11 is 0. The Morgan fingerprint density at radius 1 is 0.771 bits per heavy atom. The lowest BCUT2D eigenvalue weighted by atomic mass is 10.0. The van der Waals surface area contributed by atoms with E-state index in [9.17, 15) is 9.90 Å². The number of phenols is 1. The molecule has 0 bridgehead atoms. The van der Waals surface area contributed by atoms with Gasteiger partial charge in [-0.2, -0.15) is 5.11 Å². The first-order valence-electron chi connectivity index (χ1n) is 14.2. The molecule has 0 atom stereocenters. The molecule has 11 heteroatoms. The van der Waals surface area contributed by atoms with Crippen LogP contribution in [0.3, 0.4) is 0 Å². The standard InChI is InChI=1S/C35H28N6O5.2CH4/c1-20-16-22-8-11-25(37-24-9-6-21(7-10-24)35(43)44)18-29(22)34(42)33(20)41-40-32-15-14-31(27-4-2-3-5-28(27)32)39-38-26-12-13-30(36)23(17-26)19-46-45;;/h2-18,37,42,45H,19,36H2,1H3,(H,43,44);2*1H4. The van der Waals surface area contributed by atoms with E-state index in [2.05, 4.69) is 30.7 Å². The lowest BCUT2D eigenvalue weighted by Gasteiger charge is -2.11. The Bertz CT molecular complexity index is 2160. The smallest absolute Gasteiger partial charge is 0.335 e. The summed E-state index contributed by atoms with van der Waals surface area (Å²) < 4.78 is 0. The number of hydrogen-bond acceptors (Lipinski definition) is 10. The van der Waals surface area contributed by atoms with Gasteiger partial charge in [0.1, 0.15) is 12.3 Å². The van der Waals surface area contributed by atoms with Crippen LogP contribution in [-0.2, 0) is 11.5 Å². The molecule has 0 amide bonds. The van der Waals surface area contributed by atoms with Gasteiger partial charge in [0.25, 0.3) is 0 Å². The van der Waals surface area contributed by atoms with E-state index in [0.717, 1.165) is 21.7 Å². The molecule has 0 heterocycles. The van der Waals surface area contributed by atoms with Gasteiger partial charge < -0.3 is 21.3 Å². The van der Waals surface area contributed by atoms with Gasteiger partial charge in [-0.3, -0.25) is 5.26 Å². The van der Waals surface area contributed by atoms with Gasteiger partial charge >= 0.3 is 5.97 Å². The number of benzene rings is 6. The molecular weight excluding hydrogens is 608 g/mol. The SMILES string of the molecule is C.C.Cc1cc2ccc(Nc3ccc(C(=O)O)cc3)cc2c(O)c1N=Nc1ccc(N=Nc2ccc(N)c(COO)c2)c2ccccc12. The molecule has 6 aromatic carbocycles. The van der Waals surface area contributed by atoms with E-state index >= 15 is 0 Å². The average molecular weight is 645 g/mol. The van der Waals surface area contributed by atoms with Crippen molar-refractivity contribution in [2.24, 2.45) is 20.5 Å². The minimum absolute atomic E-state index is 0. The number of rotatable bonds is 9. The molecule has 0 saturated carbocycles. The molecule has 0 fully saturated rings. The maximum absolute atomic E-state index is 11.3. The fourth-order valence-corrected chi connectivity index (χ4v) is 5.08. The number of anilines is 3. The van der Waals surface area contributed by atoms with Crippen molar-refractivity contribution in [2.75, 3.05) is 11.1 Å². The zero-order valence-corrected chi connectivity index (χ0v) is 24.5. The first-order chi connectivity index (χ1) is 22.3. The predicted octanol–water partition coefficient (Wildman–Crippen LogP) is 11.1. The Morgan fingerprint density at radius 2 is 1.42 bits per heavy atom. The van der Waals surface area contributed by atoms with E-state index in [1.807, 2.05) is 55.5 Å². The van der Waals surface area contributed by atoms with E-state index in [1.165, 1.54) is 12.1 Å². The quantitative estimate of drug-likeness (QED) is 0.0450. The molecule has 6 N–H and O–H groups in total. The molecule has 0 saturated heterocycles. The van der Waals surface area contributed by atoms with Crippen LogP contribution in [0.4, 0.5) is 39.8 Å². The molecule has 0 aliphatic heterocycles. The van der Waals surface area contributed by atoms with Gasteiger partial charge in [0.2, 0.25) is 0 Å².